The van der Waals surface area contributed by atoms with Crippen LogP contribution >= 0.6 is 11.6 Å². The number of hydrogen-bond donors (Lipinski definition) is 0. The van der Waals surface area contributed by atoms with Gasteiger partial charge in [-0.15, -0.1) is 0 Å². The SMILES string of the molecule is O=C(Cc1c(Cl)cccc1-c1coc2ccccc12)c1ccccc1. The van der Waals surface area contributed by atoms with Gasteiger partial charge in [0.25, 0.3) is 0 Å². The molecular weight excluding hydrogens is 332 g/mol. The number of carbonyl (C=O) groups excluding carboxylic acids is 1. The average Bonchev–Trinajstić information content (AvgIpc) is 3.08. The number of Topliss-reactive ketones (excluding diaryl/α,β-unsaturated/α-hetero) is 1. The van der Waals surface area contributed by atoms with Gasteiger partial charge >= 0.3 is 0 Å². The number of para-hydroxylation sites is 1. The van der Waals surface area contributed by atoms with E-state index in [1.54, 1.807) is 6.26 Å². The fourth-order valence-corrected chi connectivity index (χ4v) is 3.31. The van der Waals surface area contributed by atoms with Crippen molar-refractivity contribution in [1.82, 2.24) is 0 Å². The quantitative estimate of drug-likeness (QED) is 0.413. The van der Waals surface area contributed by atoms with Crippen LogP contribution in [0.5, 0.6) is 0 Å². The van der Waals surface area contributed by atoms with Crippen molar-refractivity contribution in [3.63, 3.8) is 0 Å². The van der Waals surface area contributed by atoms with Crippen molar-refractivity contribution in [3.05, 3.63) is 95.2 Å². The van der Waals surface area contributed by atoms with Crippen LogP contribution in [-0.2, 0) is 6.42 Å². The maximum Gasteiger partial charge on any atom is 0.167 e. The Bertz CT molecular complexity index is 1050. The molecule has 0 saturated carbocycles. The maximum absolute atomic E-state index is 12.7. The average molecular weight is 347 g/mol. The predicted molar refractivity (Wildman–Crippen MR) is 101 cm³/mol. The summed E-state index contributed by atoms with van der Waals surface area (Å²) < 4.78 is 5.66. The van der Waals surface area contributed by atoms with E-state index < -0.39 is 0 Å². The van der Waals surface area contributed by atoms with Gasteiger partial charge in [-0.3, -0.25) is 4.79 Å². The highest BCUT2D eigenvalue weighted by atomic mass is 35.5. The van der Waals surface area contributed by atoms with Gasteiger partial charge in [0.1, 0.15) is 5.58 Å². The van der Waals surface area contributed by atoms with Crippen molar-refractivity contribution >= 4 is 28.4 Å². The minimum Gasteiger partial charge on any atom is -0.464 e. The molecule has 0 aliphatic carbocycles. The van der Waals surface area contributed by atoms with Crippen LogP contribution in [0.15, 0.2) is 83.5 Å². The molecule has 2 nitrogen and oxygen atoms in total. The minimum atomic E-state index is 0.0442. The summed E-state index contributed by atoms with van der Waals surface area (Å²) >= 11 is 6.45. The van der Waals surface area contributed by atoms with Gasteiger partial charge in [-0.1, -0.05) is 72.3 Å². The zero-order valence-corrected chi connectivity index (χ0v) is 14.2. The second-order valence-corrected chi connectivity index (χ2v) is 6.28. The summed E-state index contributed by atoms with van der Waals surface area (Å²) in [5.74, 6) is 0.0442. The molecule has 0 unspecified atom stereocenters. The molecule has 0 aliphatic heterocycles. The maximum atomic E-state index is 12.7. The summed E-state index contributed by atoms with van der Waals surface area (Å²) in [6.45, 7) is 0. The molecule has 0 saturated heterocycles. The van der Waals surface area contributed by atoms with Crippen LogP contribution in [0.4, 0.5) is 0 Å². The lowest BCUT2D eigenvalue weighted by Crippen LogP contribution is -2.05. The number of benzene rings is 3. The minimum absolute atomic E-state index is 0.0442. The molecule has 1 heterocycles. The topological polar surface area (TPSA) is 30.2 Å². The van der Waals surface area contributed by atoms with E-state index in [1.807, 2.05) is 72.8 Å². The summed E-state index contributed by atoms with van der Waals surface area (Å²) in [5, 5.41) is 1.60. The molecule has 0 spiro atoms. The first-order valence-corrected chi connectivity index (χ1v) is 8.44. The molecule has 0 amide bonds. The molecule has 4 aromatic rings. The molecule has 25 heavy (non-hydrogen) atoms. The van der Waals surface area contributed by atoms with Gasteiger partial charge in [-0.2, -0.15) is 0 Å². The molecule has 122 valence electrons. The van der Waals surface area contributed by atoms with E-state index in [4.69, 9.17) is 16.0 Å². The zero-order valence-electron chi connectivity index (χ0n) is 13.4. The largest absolute Gasteiger partial charge is 0.464 e. The number of ketones is 1. The van der Waals surface area contributed by atoms with Crippen molar-refractivity contribution in [2.24, 2.45) is 0 Å². The summed E-state index contributed by atoms with van der Waals surface area (Å²) in [5.41, 5.74) is 4.21. The lowest BCUT2D eigenvalue weighted by atomic mass is 9.94. The number of rotatable bonds is 4. The molecule has 1 aromatic heterocycles. The Morgan fingerprint density at radius 3 is 2.44 bits per heavy atom. The smallest absolute Gasteiger partial charge is 0.167 e. The van der Waals surface area contributed by atoms with Crippen LogP contribution in [0.3, 0.4) is 0 Å². The second-order valence-electron chi connectivity index (χ2n) is 5.88. The predicted octanol–water partition coefficient (Wildman–Crippen LogP) is 6.18. The highest BCUT2D eigenvalue weighted by molar-refractivity contribution is 6.32. The third-order valence-corrected chi connectivity index (χ3v) is 4.68. The molecule has 0 aliphatic rings. The van der Waals surface area contributed by atoms with Crippen molar-refractivity contribution in [2.45, 2.75) is 6.42 Å². The Kier molecular flexibility index (Phi) is 4.12. The number of hydrogen-bond acceptors (Lipinski definition) is 2. The second kappa shape index (κ2) is 6.58. The summed E-state index contributed by atoms with van der Waals surface area (Å²) in [6.07, 6.45) is 1.98. The van der Waals surface area contributed by atoms with Crippen LogP contribution in [-0.4, -0.2) is 5.78 Å². The van der Waals surface area contributed by atoms with E-state index in [-0.39, 0.29) is 12.2 Å². The fourth-order valence-electron chi connectivity index (χ4n) is 3.06. The third kappa shape index (κ3) is 2.97. The Hall–Kier alpha value is -2.84. The molecule has 3 aromatic carbocycles. The molecule has 0 N–H and O–H groups in total. The van der Waals surface area contributed by atoms with E-state index in [2.05, 4.69) is 0 Å². The van der Waals surface area contributed by atoms with Crippen molar-refractivity contribution < 1.29 is 9.21 Å². The van der Waals surface area contributed by atoms with Gasteiger partial charge < -0.3 is 4.42 Å². The number of furan rings is 1. The van der Waals surface area contributed by atoms with E-state index in [1.165, 1.54) is 0 Å². The van der Waals surface area contributed by atoms with Gasteiger partial charge in [-0.25, -0.2) is 0 Å². The summed E-state index contributed by atoms with van der Waals surface area (Å²) in [4.78, 5) is 12.7. The molecule has 0 atom stereocenters. The highest BCUT2D eigenvalue weighted by Crippen LogP contribution is 2.35. The van der Waals surface area contributed by atoms with Crippen LogP contribution in [0.2, 0.25) is 5.02 Å². The first kappa shape index (κ1) is 15.7. The molecule has 0 fully saturated rings. The lowest BCUT2D eigenvalue weighted by Gasteiger charge is -2.10. The van der Waals surface area contributed by atoms with Crippen LogP contribution in [0.25, 0.3) is 22.1 Å². The number of carbonyl (C=O) groups is 1. The molecule has 0 radical (unpaired) electrons. The van der Waals surface area contributed by atoms with E-state index in [9.17, 15) is 4.79 Å². The van der Waals surface area contributed by atoms with Crippen molar-refractivity contribution in [1.29, 1.82) is 0 Å². The van der Waals surface area contributed by atoms with Gasteiger partial charge in [0, 0.05) is 28.0 Å². The van der Waals surface area contributed by atoms with Gasteiger partial charge in [0.05, 0.1) is 6.26 Å². The van der Waals surface area contributed by atoms with E-state index in [0.29, 0.717) is 10.6 Å². The van der Waals surface area contributed by atoms with E-state index in [0.717, 1.165) is 27.7 Å². The molecule has 0 bridgehead atoms. The normalized spacial score (nSPS) is 10.9. The van der Waals surface area contributed by atoms with Crippen LogP contribution in [0.1, 0.15) is 15.9 Å². The third-order valence-electron chi connectivity index (χ3n) is 4.32. The fraction of sp³-hybridized carbons (Fsp3) is 0.0455. The van der Waals surface area contributed by atoms with Gasteiger partial charge in [0.15, 0.2) is 5.78 Å². The Balaban J connectivity index is 1.80. The lowest BCUT2D eigenvalue weighted by molar-refractivity contribution is 0.0993. The first-order valence-electron chi connectivity index (χ1n) is 8.06. The standard InChI is InChI=1S/C22H15ClO2/c23-20-11-6-10-16(19-14-25-22-12-5-4-9-17(19)22)18(20)13-21(24)15-7-2-1-3-8-15/h1-12,14H,13H2. The van der Waals surface area contributed by atoms with Crippen molar-refractivity contribution in [3.8, 4) is 11.1 Å². The number of halogens is 1. The zero-order chi connectivity index (χ0) is 17.2. The summed E-state index contributed by atoms with van der Waals surface area (Å²) in [7, 11) is 0. The highest BCUT2D eigenvalue weighted by Gasteiger charge is 2.17. The Morgan fingerprint density at radius 1 is 0.840 bits per heavy atom. The van der Waals surface area contributed by atoms with Crippen LogP contribution in [0, 0.1) is 0 Å². The van der Waals surface area contributed by atoms with Crippen molar-refractivity contribution in [2.75, 3.05) is 0 Å². The summed E-state index contributed by atoms with van der Waals surface area (Å²) in [6, 6.07) is 22.8. The van der Waals surface area contributed by atoms with Gasteiger partial charge in [0.2, 0.25) is 0 Å². The first-order chi connectivity index (χ1) is 12.2. The molecule has 4 rings (SSSR count). The number of fused-ring (bicyclic) bond motifs is 1. The molecule has 3 heteroatoms. The van der Waals surface area contributed by atoms with Crippen LogP contribution < -0.4 is 0 Å². The Labute approximate surface area is 150 Å². The molecular formula is C22H15ClO2. The van der Waals surface area contributed by atoms with E-state index >= 15 is 0 Å². The Morgan fingerprint density at radius 2 is 1.60 bits per heavy atom. The van der Waals surface area contributed by atoms with Gasteiger partial charge in [-0.05, 0) is 23.3 Å². The monoisotopic (exact) mass is 346 g/mol.